The average molecular weight is 391 g/mol. The lowest BCUT2D eigenvalue weighted by molar-refractivity contribution is -0.121. The van der Waals surface area contributed by atoms with Crippen molar-refractivity contribution in [3.8, 4) is 16.9 Å². The van der Waals surface area contributed by atoms with Crippen LogP contribution in [0.4, 0.5) is 5.69 Å². The molecule has 4 rings (SSSR count). The molecule has 1 aliphatic heterocycles. The molecule has 2 heterocycles. The Morgan fingerprint density at radius 3 is 2.79 bits per heavy atom. The summed E-state index contributed by atoms with van der Waals surface area (Å²) in [6, 6.07) is 17.6. The van der Waals surface area contributed by atoms with Crippen LogP contribution in [0.3, 0.4) is 0 Å². The van der Waals surface area contributed by atoms with Crippen molar-refractivity contribution in [1.29, 1.82) is 0 Å². The van der Waals surface area contributed by atoms with Crippen LogP contribution >= 0.6 is 0 Å². The van der Waals surface area contributed by atoms with Gasteiger partial charge in [-0.2, -0.15) is 0 Å². The number of methoxy groups -OCH3 is 1. The summed E-state index contributed by atoms with van der Waals surface area (Å²) in [6.45, 7) is 2.41. The van der Waals surface area contributed by atoms with Crippen molar-refractivity contribution in [2.75, 3.05) is 25.5 Å². The van der Waals surface area contributed by atoms with E-state index in [4.69, 9.17) is 9.26 Å². The molecule has 1 fully saturated rings. The first-order valence-electron chi connectivity index (χ1n) is 9.89. The Hall–Kier alpha value is -3.12. The number of ether oxygens (including phenoxy) is 1. The van der Waals surface area contributed by atoms with Crippen molar-refractivity contribution in [3.05, 3.63) is 66.6 Å². The largest absolute Gasteiger partial charge is 0.497 e. The molecule has 3 aromatic rings. The van der Waals surface area contributed by atoms with Crippen molar-refractivity contribution in [1.82, 2.24) is 10.1 Å². The summed E-state index contributed by atoms with van der Waals surface area (Å²) in [5.74, 6) is 0.833. The van der Waals surface area contributed by atoms with E-state index in [0.717, 1.165) is 54.2 Å². The Balaban J connectivity index is 1.45. The molecule has 1 atom stereocenters. The van der Waals surface area contributed by atoms with Crippen LogP contribution in [0, 0.1) is 5.92 Å². The summed E-state index contributed by atoms with van der Waals surface area (Å²) in [4.78, 5) is 15.3. The van der Waals surface area contributed by atoms with E-state index < -0.39 is 0 Å². The normalized spacial score (nSPS) is 17.1. The van der Waals surface area contributed by atoms with Gasteiger partial charge in [-0.1, -0.05) is 35.5 Å². The van der Waals surface area contributed by atoms with Gasteiger partial charge in [-0.05, 0) is 43.1 Å². The Bertz CT molecular complexity index is 938. The first-order valence-corrected chi connectivity index (χ1v) is 9.89. The third-order valence-corrected chi connectivity index (χ3v) is 5.34. The van der Waals surface area contributed by atoms with Crippen LogP contribution < -0.4 is 10.1 Å². The molecular formula is C23H25N3O3. The SMILES string of the molecule is COc1ccc(-c2ccccc2NC(=O)C2CCCN(Cc3ccon3)C2)cc1. The highest BCUT2D eigenvalue weighted by Crippen LogP contribution is 2.30. The van der Waals surface area contributed by atoms with Gasteiger partial charge in [0.1, 0.15) is 12.0 Å². The number of aromatic nitrogens is 1. The van der Waals surface area contributed by atoms with E-state index in [0.29, 0.717) is 6.54 Å². The smallest absolute Gasteiger partial charge is 0.228 e. The lowest BCUT2D eigenvalue weighted by Crippen LogP contribution is -2.40. The van der Waals surface area contributed by atoms with Crippen molar-refractivity contribution in [2.24, 2.45) is 5.92 Å². The number of benzene rings is 2. The second-order valence-corrected chi connectivity index (χ2v) is 7.33. The molecule has 0 bridgehead atoms. The molecule has 0 saturated carbocycles. The van der Waals surface area contributed by atoms with Gasteiger partial charge >= 0.3 is 0 Å². The summed E-state index contributed by atoms with van der Waals surface area (Å²) >= 11 is 0. The van der Waals surface area contributed by atoms with Crippen molar-refractivity contribution < 1.29 is 14.1 Å². The number of amides is 1. The number of rotatable bonds is 6. The van der Waals surface area contributed by atoms with Gasteiger partial charge in [0, 0.05) is 30.4 Å². The van der Waals surface area contributed by atoms with E-state index in [1.165, 1.54) is 0 Å². The monoisotopic (exact) mass is 391 g/mol. The third kappa shape index (κ3) is 4.66. The molecular weight excluding hydrogens is 366 g/mol. The van der Waals surface area contributed by atoms with Crippen molar-refractivity contribution in [3.63, 3.8) is 0 Å². The average Bonchev–Trinajstić information content (AvgIpc) is 3.27. The Morgan fingerprint density at radius 1 is 1.21 bits per heavy atom. The molecule has 1 unspecified atom stereocenters. The van der Waals surface area contributed by atoms with E-state index in [1.54, 1.807) is 13.4 Å². The van der Waals surface area contributed by atoms with Crippen LogP contribution in [-0.2, 0) is 11.3 Å². The summed E-state index contributed by atoms with van der Waals surface area (Å²) in [7, 11) is 1.65. The highest BCUT2D eigenvalue weighted by Gasteiger charge is 2.26. The van der Waals surface area contributed by atoms with E-state index in [1.807, 2.05) is 54.6 Å². The molecule has 1 aliphatic rings. The standard InChI is InChI=1S/C23H25N3O3/c1-28-20-10-8-17(9-11-20)21-6-2-3-7-22(21)24-23(27)18-5-4-13-26(15-18)16-19-12-14-29-25-19/h2-3,6-12,14,18H,4-5,13,15-16H2,1H3,(H,24,27). The second-order valence-electron chi connectivity index (χ2n) is 7.33. The minimum absolute atomic E-state index is 0.0421. The number of likely N-dealkylation sites (tertiary alicyclic amines) is 1. The minimum Gasteiger partial charge on any atom is -0.497 e. The van der Waals surface area contributed by atoms with Crippen LogP contribution in [0.25, 0.3) is 11.1 Å². The van der Waals surface area contributed by atoms with Crippen LogP contribution in [0.2, 0.25) is 0 Å². The lowest BCUT2D eigenvalue weighted by Gasteiger charge is -2.31. The van der Waals surface area contributed by atoms with Crippen LogP contribution in [-0.4, -0.2) is 36.2 Å². The summed E-state index contributed by atoms with van der Waals surface area (Å²) in [6.07, 6.45) is 3.47. The number of carbonyl (C=O) groups excluding carboxylic acids is 1. The fraction of sp³-hybridized carbons (Fsp3) is 0.304. The molecule has 29 heavy (non-hydrogen) atoms. The van der Waals surface area contributed by atoms with Gasteiger partial charge in [0.2, 0.25) is 5.91 Å². The first kappa shape index (κ1) is 19.2. The van der Waals surface area contributed by atoms with E-state index in [9.17, 15) is 4.79 Å². The predicted molar refractivity (Wildman–Crippen MR) is 112 cm³/mol. The topological polar surface area (TPSA) is 67.6 Å². The molecule has 6 nitrogen and oxygen atoms in total. The van der Waals surface area contributed by atoms with Gasteiger partial charge in [-0.15, -0.1) is 0 Å². The molecule has 150 valence electrons. The molecule has 0 radical (unpaired) electrons. The zero-order valence-corrected chi connectivity index (χ0v) is 16.5. The van der Waals surface area contributed by atoms with Gasteiger partial charge < -0.3 is 14.6 Å². The molecule has 1 aromatic heterocycles. The molecule has 0 spiro atoms. The zero-order valence-electron chi connectivity index (χ0n) is 16.5. The fourth-order valence-electron chi connectivity index (χ4n) is 3.81. The Labute approximate surface area is 170 Å². The number of piperidine rings is 1. The lowest BCUT2D eigenvalue weighted by atomic mass is 9.96. The van der Waals surface area contributed by atoms with E-state index in [2.05, 4.69) is 15.4 Å². The number of carbonyl (C=O) groups is 1. The minimum atomic E-state index is -0.0421. The Kier molecular flexibility index (Phi) is 5.91. The van der Waals surface area contributed by atoms with Crippen molar-refractivity contribution >= 4 is 11.6 Å². The van der Waals surface area contributed by atoms with Crippen LogP contribution in [0.1, 0.15) is 18.5 Å². The zero-order chi connectivity index (χ0) is 20.1. The predicted octanol–water partition coefficient (Wildman–Crippen LogP) is 4.20. The summed E-state index contributed by atoms with van der Waals surface area (Å²) in [5, 5.41) is 7.14. The molecule has 0 aliphatic carbocycles. The third-order valence-electron chi connectivity index (χ3n) is 5.34. The fourth-order valence-corrected chi connectivity index (χ4v) is 3.81. The van der Waals surface area contributed by atoms with Gasteiger partial charge in [0.25, 0.3) is 0 Å². The Morgan fingerprint density at radius 2 is 2.03 bits per heavy atom. The molecule has 6 heteroatoms. The van der Waals surface area contributed by atoms with Crippen LogP contribution in [0.15, 0.2) is 65.4 Å². The van der Waals surface area contributed by atoms with Gasteiger partial charge in [-0.3, -0.25) is 9.69 Å². The maximum Gasteiger partial charge on any atom is 0.228 e. The number of nitrogens with zero attached hydrogens (tertiary/aromatic N) is 2. The van der Waals surface area contributed by atoms with Gasteiger partial charge in [0.05, 0.1) is 18.7 Å². The van der Waals surface area contributed by atoms with Crippen molar-refractivity contribution in [2.45, 2.75) is 19.4 Å². The highest BCUT2D eigenvalue weighted by atomic mass is 16.5. The maximum absolute atomic E-state index is 13.0. The maximum atomic E-state index is 13.0. The quantitative estimate of drug-likeness (QED) is 0.682. The number of nitrogens with one attached hydrogen (secondary N) is 1. The number of anilines is 1. The molecule has 2 aromatic carbocycles. The number of para-hydroxylation sites is 1. The summed E-state index contributed by atoms with van der Waals surface area (Å²) < 4.78 is 10.2. The van der Waals surface area contributed by atoms with Crippen LogP contribution in [0.5, 0.6) is 5.75 Å². The summed E-state index contributed by atoms with van der Waals surface area (Å²) in [5.41, 5.74) is 3.77. The van der Waals surface area contributed by atoms with Gasteiger partial charge in [0.15, 0.2) is 0 Å². The molecule has 1 N–H and O–H groups in total. The second kappa shape index (κ2) is 8.92. The molecule has 1 amide bonds. The van der Waals surface area contributed by atoms with Gasteiger partial charge in [-0.25, -0.2) is 0 Å². The number of hydrogen-bond acceptors (Lipinski definition) is 5. The van der Waals surface area contributed by atoms with E-state index in [-0.39, 0.29) is 11.8 Å². The number of hydrogen-bond donors (Lipinski definition) is 1. The van der Waals surface area contributed by atoms with E-state index >= 15 is 0 Å². The highest BCUT2D eigenvalue weighted by molar-refractivity contribution is 5.97. The molecule has 1 saturated heterocycles. The first-order chi connectivity index (χ1) is 14.2.